The molecule has 0 N–H and O–H groups in total. The fraction of sp³-hybridized carbons (Fsp3) is 0.0769. The van der Waals surface area contributed by atoms with Crippen LogP contribution in [0.4, 0.5) is 4.39 Å². The highest BCUT2D eigenvalue weighted by atomic mass is 19.1. The first-order valence-electron chi connectivity index (χ1n) is 10.2. The van der Waals surface area contributed by atoms with Gasteiger partial charge in [-0.05, 0) is 24.6 Å². The van der Waals surface area contributed by atoms with Crippen LogP contribution in [0, 0.1) is 12.7 Å². The Labute approximate surface area is 184 Å². The number of aryl methyl sites for hydroxylation is 1. The SMILES string of the molecule is COc1ccc(-n2c(C)cc(=O)n3nc(-c4ccccc4)c(-c4ccccc4)c23)cc1F. The van der Waals surface area contributed by atoms with Gasteiger partial charge in [0.2, 0.25) is 0 Å². The summed E-state index contributed by atoms with van der Waals surface area (Å²) in [5.41, 5.74) is 4.85. The second kappa shape index (κ2) is 7.81. The van der Waals surface area contributed by atoms with Crippen LogP contribution in [0.15, 0.2) is 89.7 Å². The number of rotatable bonds is 4. The second-order valence-electron chi connectivity index (χ2n) is 7.47. The van der Waals surface area contributed by atoms with E-state index in [1.54, 1.807) is 12.1 Å². The van der Waals surface area contributed by atoms with Crippen LogP contribution < -0.4 is 10.3 Å². The molecule has 0 aliphatic rings. The lowest BCUT2D eigenvalue weighted by Crippen LogP contribution is -2.19. The van der Waals surface area contributed by atoms with E-state index in [9.17, 15) is 9.18 Å². The zero-order valence-corrected chi connectivity index (χ0v) is 17.6. The van der Waals surface area contributed by atoms with E-state index in [0.29, 0.717) is 22.7 Å². The maximum atomic E-state index is 14.6. The summed E-state index contributed by atoms with van der Waals surface area (Å²) in [7, 11) is 1.43. The van der Waals surface area contributed by atoms with Gasteiger partial charge in [0.1, 0.15) is 5.69 Å². The maximum Gasteiger partial charge on any atom is 0.274 e. The van der Waals surface area contributed by atoms with Crippen LogP contribution in [0.2, 0.25) is 0 Å². The molecular formula is C26H20FN3O2. The van der Waals surface area contributed by atoms with Crippen LogP contribution in [0.5, 0.6) is 5.75 Å². The molecule has 0 aliphatic heterocycles. The van der Waals surface area contributed by atoms with Gasteiger partial charge in [0.15, 0.2) is 17.2 Å². The Kier molecular flexibility index (Phi) is 4.82. The Hall–Kier alpha value is -4.19. The van der Waals surface area contributed by atoms with Gasteiger partial charge in [-0.25, -0.2) is 4.39 Å². The van der Waals surface area contributed by atoms with Gasteiger partial charge in [0.25, 0.3) is 5.56 Å². The predicted octanol–water partition coefficient (Wildman–Crippen LogP) is 5.28. The molecule has 6 heteroatoms. The van der Waals surface area contributed by atoms with E-state index >= 15 is 0 Å². The molecule has 2 aromatic heterocycles. The Morgan fingerprint density at radius 2 is 1.53 bits per heavy atom. The van der Waals surface area contributed by atoms with Crippen molar-refractivity contribution in [2.45, 2.75) is 6.92 Å². The third-order valence-electron chi connectivity index (χ3n) is 5.47. The van der Waals surface area contributed by atoms with E-state index in [4.69, 9.17) is 9.84 Å². The highest BCUT2D eigenvalue weighted by Gasteiger charge is 2.22. The van der Waals surface area contributed by atoms with Gasteiger partial charge < -0.3 is 4.74 Å². The summed E-state index contributed by atoms with van der Waals surface area (Å²) >= 11 is 0. The molecule has 0 amide bonds. The third-order valence-corrected chi connectivity index (χ3v) is 5.47. The van der Waals surface area contributed by atoms with Crippen LogP contribution in [-0.2, 0) is 0 Å². The zero-order chi connectivity index (χ0) is 22.2. The lowest BCUT2D eigenvalue weighted by molar-refractivity contribution is 0.386. The molecule has 0 atom stereocenters. The van der Waals surface area contributed by atoms with Crippen molar-refractivity contribution < 1.29 is 9.13 Å². The molecule has 0 unspecified atom stereocenters. The van der Waals surface area contributed by atoms with Crippen molar-refractivity contribution >= 4 is 5.65 Å². The number of methoxy groups -OCH3 is 1. The van der Waals surface area contributed by atoms with Crippen LogP contribution in [-0.4, -0.2) is 21.3 Å². The minimum absolute atomic E-state index is 0.158. The van der Waals surface area contributed by atoms with Gasteiger partial charge in [-0.2, -0.15) is 9.61 Å². The van der Waals surface area contributed by atoms with Gasteiger partial charge in [-0.3, -0.25) is 9.36 Å². The monoisotopic (exact) mass is 425 g/mol. The molecule has 0 fully saturated rings. The standard InChI is InChI=1S/C26H20FN3O2/c1-17-15-23(31)30-26(29(17)20-13-14-22(32-2)21(27)16-20)24(18-9-5-3-6-10-18)25(28-30)19-11-7-4-8-12-19/h3-16H,1-2H3. The van der Waals surface area contributed by atoms with Crippen molar-refractivity contribution in [1.29, 1.82) is 0 Å². The van der Waals surface area contributed by atoms with Crippen molar-refractivity contribution in [3.63, 3.8) is 0 Å². The fourth-order valence-corrected chi connectivity index (χ4v) is 4.03. The van der Waals surface area contributed by atoms with Gasteiger partial charge >= 0.3 is 0 Å². The number of aromatic nitrogens is 3. The lowest BCUT2D eigenvalue weighted by Gasteiger charge is -2.15. The number of benzene rings is 3. The Bertz CT molecular complexity index is 1490. The molecule has 5 rings (SSSR count). The summed E-state index contributed by atoms with van der Waals surface area (Å²) < 4.78 is 22.9. The van der Waals surface area contributed by atoms with Crippen LogP contribution >= 0.6 is 0 Å². The third kappa shape index (κ3) is 3.17. The largest absolute Gasteiger partial charge is 0.494 e. The fourth-order valence-electron chi connectivity index (χ4n) is 4.03. The number of nitrogens with zero attached hydrogens (tertiary/aromatic N) is 3. The van der Waals surface area contributed by atoms with Crippen molar-refractivity contribution in [3.8, 4) is 33.8 Å². The van der Waals surface area contributed by atoms with Crippen LogP contribution in [0.3, 0.4) is 0 Å². The molecule has 32 heavy (non-hydrogen) atoms. The molecule has 158 valence electrons. The van der Waals surface area contributed by atoms with Gasteiger partial charge in [-0.15, -0.1) is 0 Å². The minimum atomic E-state index is -0.481. The Balaban J connectivity index is 1.94. The van der Waals surface area contributed by atoms with E-state index in [1.807, 2.05) is 72.2 Å². The smallest absolute Gasteiger partial charge is 0.274 e. The molecule has 5 nitrogen and oxygen atoms in total. The molecule has 3 aromatic carbocycles. The summed E-state index contributed by atoms with van der Waals surface area (Å²) in [6.07, 6.45) is 0. The Morgan fingerprint density at radius 1 is 0.875 bits per heavy atom. The van der Waals surface area contributed by atoms with E-state index in [0.717, 1.165) is 16.7 Å². The van der Waals surface area contributed by atoms with Crippen LogP contribution in [0.1, 0.15) is 5.69 Å². The number of hydrogen-bond donors (Lipinski definition) is 0. The Morgan fingerprint density at radius 3 is 2.16 bits per heavy atom. The normalized spacial score (nSPS) is 11.1. The summed E-state index contributed by atoms with van der Waals surface area (Å²) in [4.78, 5) is 13.0. The maximum absolute atomic E-state index is 14.6. The second-order valence-corrected chi connectivity index (χ2v) is 7.47. The number of hydrogen-bond acceptors (Lipinski definition) is 3. The van der Waals surface area contributed by atoms with E-state index < -0.39 is 5.82 Å². The van der Waals surface area contributed by atoms with Gasteiger partial charge in [0.05, 0.1) is 18.4 Å². The van der Waals surface area contributed by atoms with Crippen LogP contribution in [0.25, 0.3) is 33.7 Å². The number of ether oxygens (including phenoxy) is 1. The molecule has 0 bridgehead atoms. The topological polar surface area (TPSA) is 48.5 Å². The van der Waals surface area contributed by atoms with E-state index in [2.05, 4.69) is 0 Å². The number of fused-ring (bicyclic) bond motifs is 1. The lowest BCUT2D eigenvalue weighted by atomic mass is 10.0. The first kappa shape index (κ1) is 19.8. The first-order chi connectivity index (χ1) is 15.6. The van der Waals surface area contributed by atoms with E-state index in [-0.39, 0.29) is 11.3 Å². The molecule has 0 spiro atoms. The summed E-state index contributed by atoms with van der Waals surface area (Å²) in [5, 5.41) is 4.71. The van der Waals surface area contributed by atoms with Crippen molar-refractivity contribution in [1.82, 2.24) is 14.2 Å². The molecule has 0 radical (unpaired) electrons. The van der Waals surface area contributed by atoms with Gasteiger partial charge in [-0.1, -0.05) is 60.7 Å². The summed E-state index contributed by atoms with van der Waals surface area (Å²) in [6.45, 7) is 1.83. The molecule has 0 saturated carbocycles. The minimum Gasteiger partial charge on any atom is -0.494 e. The first-order valence-corrected chi connectivity index (χ1v) is 10.2. The molecule has 0 saturated heterocycles. The van der Waals surface area contributed by atoms with Crippen molar-refractivity contribution in [3.05, 3.63) is 107 Å². The number of halogens is 1. The highest BCUT2D eigenvalue weighted by molar-refractivity contribution is 5.91. The highest BCUT2D eigenvalue weighted by Crippen LogP contribution is 2.36. The molecule has 0 aliphatic carbocycles. The summed E-state index contributed by atoms with van der Waals surface area (Å²) in [6, 6.07) is 25.8. The van der Waals surface area contributed by atoms with E-state index in [1.165, 1.54) is 23.8 Å². The quantitative estimate of drug-likeness (QED) is 0.394. The molecular weight excluding hydrogens is 405 g/mol. The molecule has 2 heterocycles. The van der Waals surface area contributed by atoms with Crippen molar-refractivity contribution in [2.75, 3.05) is 7.11 Å². The average Bonchev–Trinajstić information content (AvgIpc) is 3.21. The summed E-state index contributed by atoms with van der Waals surface area (Å²) in [5.74, 6) is -0.324. The predicted molar refractivity (Wildman–Crippen MR) is 123 cm³/mol. The van der Waals surface area contributed by atoms with Gasteiger partial charge in [0, 0.05) is 23.4 Å². The zero-order valence-electron chi connectivity index (χ0n) is 17.6. The molecule has 5 aromatic rings. The van der Waals surface area contributed by atoms with Crippen molar-refractivity contribution in [2.24, 2.45) is 0 Å². The average molecular weight is 425 g/mol.